The molecule has 5 nitrogen and oxygen atoms in total. The molecular formula is C24H24F3N3O2. The minimum atomic E-state index is -4.53. The maximum absolute atomic E-state index is 13.1. The number of phenols is 1. The summed E-state index contributed by atoms with van der Waals surface area (Å²) in [5.74, 6) is -0.212. The number of carbonyl (C=O) groups excluding carboxylic acids is 1. The summed E-state index contributed by atoms with van der Waals surface area (Å²) in [6.07, 6.45) is -4.53. The Kier molecular flexibility index (Phi) is 6.34. The molecule has 32 heavy (non-hydrogen) atoms. The lowest BCUT2D eigenvalue weighted by Gasteiger charge is -2.34. The van der Waals surface area contributed by atoms with Crippen molar-refractivity contribution in [2.75, 3.05) is 38.0 Å². The summed E-state index contributed by atoms with van der Waals surface area (Å²) in [6, 6.07) is 16.5. The first-order valence-electron chi connectivity index (χ1n) is 10.4. The Morgan fingerprint density at radius 1 is 0.906 bits per heavy atom. The third-order valence-electron chi connectivity index (χ3n) is 5.74. The molecule has 0 unspecified atom stereocenters. The van der Waals surface area contributed by atoms with E-state index in [0.717, 1.165) is 22.4 Å². The first-order valence-corrected chi connectivity index (χ1v) is 10.4. The monoisotopic (exact) mass is 443 g/mol. The number of halogens is 3. The molecule has 1 fully saturated rings. The van der Waals surface area contributed by atoms with Gasteiger partial charge in [-0.15, -0.1) is 0 Å². The van der Waals surface area contributed by atoms with Crippen LogP contribution in [0.4, 0.5) is 18.9 Å². The number of aromatic hydroxyl groups is 1. The van der Waals surface area contributed by atoms with Gasteiger partial charge in [0, 0.05) is 38.3 Å². The summed E-state index contributed by atoms with van der Waals surface area (Å²) in [5, 5.41) is 14.8. The van der Waals surface area contributed by atoms with E-state index in [0.29, 0.717) is 32.7 Å². The number of fused-ring (bicyclic) bond motifs is 1. The molecule has 1 aliphatic heterocycles. The Balaban J connectivity index is 1.33. The molecule has 0 aliphatic carbocycles. The van der Waals surface area contributed by atoms with Crippen LogP contribution in [0.3, 0.4) is 0 Å². The van der Waals surface area contributed by atoms with Gasteiger partial charge in [-0.3, -0.25) is 14.6 Å². The van der Waals surface area contributed by atoms with Crippen LogP contribution in [0.25, 0.3) is 10.8 Å². The van der Waals surface area contributed by atoms with Crippen LogP contribution in [0, 0.1) is 0 Å². The lowest BCUT2D eigenvalue weighted by Crippen LogP contribution is -2.48. The van der Waals surface area contributed by atoms with Gasteiger partial charge in [0.1, 0.15) is 5.75 Å². The summed E-state index contributed by atoms with van der Waals surface area (Å²) in [7, 11) is 0. The number of nitrogens with zero attached hydrogens (tertiary/aromatic N) is 2. The molecule has 3 aromatic rings. The number of hydrogen-bond donors (Lipinski definition) is 2. The van der Waals surface area contributed by atoms with E-state index in [2.05, 4.69) is 10.2 Å². The maximum atomic E-state index is 13.1. The Hall–Kier alpha value is -3.10. The van der Waals surface area contributed by atoms with Crippen LogP contribution in [0.5, 0.6) is 5.75 Å². The SMILES string of the molecule is O=C(CN1CCN(Cc2c(O)ccc3ccccc23)CC1)Nc1ccccc1C(F)(F)F. The minimum Gasteiger partial charge on any atom is -0.508 e. The number of para-hydroxylation sites is 1. The first-order chi connectivity index (χ1) is 15.3. The second-order valence-corrected chi connectivity index (χ2v) is 7.93. The Bertz CT molecular complexity index is 1110. The van der Waals surface area contributed by atoms with Crippen molar-refractivity contribution in [2.45, 2.75) is 12.7 Å². The van der Waals surface area contributed by atoms with Gasteiger partial charge in [0.15, 0.2) is 0 Å². The Morgan fingerprint density at radius 2 is 1.56 bits per heavy atom. The number of phenolic OH excluding ortho intramolecular Hbond substituents is 1. The van der Waals surface area contributed by atoms with Gasteiger partial charge in [0.25, 0.3) is 0 Å². The lowest BCUT2D eigenvalue weighted by molar-refractivity contribution is -0.137. The topological polar surface area (TPSA) is 55.8 Å². The van der Waals surface area contributed by atoms with Crippen molar-refractivity contribution >= 4 is 22.4 Å². The van der Waals surface area contributed by atoms with Crippen LogP contribution in [0.1, 0.15) is 11.1 Å². The molecule has 0 atom stereocenters. The molecule has 1 heterocycles. The molecule has 1 aliphatic rings. The zero-order valence-electron chi connectivity index (χ0n) is 17.4. The van der Waals surface area contributed by atoms with E-state index in [9.17, 15) is 23.1 Å². The molecule has 8 heteroatoms. The van der Waals surface area contributed by atoms with E-state index in [1.54, 1.807) is 6.07 Å². The van der Waals surface area contributed by atoms with Crippen molar-refractivity contribution < 1.29 is 23.1 Å². The number of rotatable bonds is 5. The van der Waals surface area contributed by atoms with Crippen LogP contribution in [0.15, 0.2) is 60.7 Å². The second kappa shape index (κ2) is 9.18. The highest BCUT2D eigenvalue weighted by Crippen LogP contribution is 2.34. The molecule has 0 saturated carbocycles. The molecule has 0 spiro atoms. The molecule has 0 bridgehead atoms. The first kappa shape index (κ1) is 22.1. The van der Waals surface area contributed by atoms with Crippen molar-refractivity contribution in [3.05, 3.63) is 71.8 Å². The number of benzene rings is 3. The number of anilines is 1. The normalized spacial score (nSPS) is 15.7. The molecule has 3 aromatic carbocycles. The van der Waals surface area contributed by atoms with Gasteiger partial charge in [0.05, 0.1) is 17.8 Å². The van der Waals surface area contributed by atoms with Gasteiger partial charge in [0.2, 0.25) is 5.91 Å². The number of nitrogens with one attached hydrogen (secondary N) is 1. The fourth-order valence-corrected chi connectivity index (χ4v) is 4.05. The van der Waals surface area contributed by atoms with Gasteiger partial charge in [-0.25, -0.2) is 0 Å². The van der Waals surface area contributed by atoms with Crippen LogP contribution in [0.2, 0.25) is 0 Å². The van der Waals surface area contributed by atoms with Crippen LogP contribution in [-0.4, -0.2) is 53.5 Å². The average Bonchev–Trinajstić information content (AvgIpc) is 2.76. The number of amides is 1. The third kappa shape index (κ3) is 5.03. The highest BCUT2D eigenvalue weighted by molar-refractivity contribution is 5.93. The maximum Gasteiger partial charge on any atom is 0.418 e. The van der Waals surface area contributed by atoms with Crippen LogP contribution < -0.4 is 5.32 Å². The van der Waals surface area contributed by atoms with E-state index < -0.39 is 17.6 Å². The summed E-state index contributed by atoms with van der Waals surface area (Å²) in [6.45, 7) is 3.22. The van der Waals surface area contributed by atoms with E-state index >= 15 is 0 Å². The van der Waals surface area contributed by atoms with Crippen molar-refractivity contribution in [3.8, 4) is 5.75 Å². The van der Waals surface area contributed by atoms with Gasteiger partial charge >= 0.3 is 6.18 Å². The molecule has 1 amide bonds. The highest BCUT2D eigenvalue weighted by Gasteiger charge is 2.33. The van der Waals surface area contributed by atoms with Crippen molar-refractivity contribution in [1.82, 2.24) is 9.80 Å². The standard InChI is InChI=1S/C24H24F3N3O2/c25-24(26,27)20-7-3-4-8-21(20)28-23(32)16-30-13-11-29(12-14-30)15-19-18-6-2-1-5-17(18)9-10-22(19)31/h1-10,31H,11-16H2,(H,28,32). The predicted octanol–water partition coefficient (Wildman–Crippen LogP) is 4.32. The minimum absolute atomic E-state index is 0.0273. The second-order valence-electron chi connectivity index (χ2n) is 7.93. The van der Waals surface area contributed by atoms with Crippen LogP contribution in [-0.2, 0) is 17.5 Å². The lowest BCUT2D eigenvalue weighted by atomic mass is 10.0. The molecule has 4 rings (SSSR count). The quantitative estimate of drug-likeness (QED) is 0.617. The molecule has 2 N–H and O–H groups in total. The largest absolute Gasteiger partial charge is 0.508 e. The van der Waals surface area contributed by atoms with Crippen molar-refractivity contribution in [3.63, 3.8) is 0 Å². The Morgan fingerprint density at radius 3 is 2.31 bits per heavy atom. The fraction of sp³-hybridized carbons (Fsp3) is 0.292. The van der Waals surface area contributed by atoms with Crippen molar-refractivity contribution in [1.29, 1.82) is 0 Å². The Labute approximate surface area is 184 Å². The molecule has 0 aromatic heterocycles. The molecule has 1 saturated heterocycles. The summed E-state index contributed by atoms with van der Waals surface area (Å²) >= 11 is 0. The molecular weight excluding hydrogens is 419 g/mol. The highest BCUT2D eigenvalue weighted by atomic mass is 19.4. The van der Waals surface area contributed by atoms with E-state index in [1.165, 1.54) is 18.2 Å². The number of piperazine rings is 1. The average molecular weight is 443 g/mol. The van der Waals surface area contributed by atoms with E-state index in [-0.39, 0.29) is 18.0 Å². The zero-order chi connectivity index (χ0) is 22.7. The zero-order valence-corrected chi connectivity index (χ0v) is 17.4. The number of hydrogen-bond acceptors (Lipinski definition) is 4. The summed E-state index contributed by atoms with van der Waals surface area (Å²) in [5.41, 5.74) is -0.207. The van der Waals surface area contributed by atoms with Gasteiger partial charge in [-0.1, -0.05) is 42.5 Å². The fourth-order valence-electron chi connectivity index (χ4n) is 4.05. The van der Waals surface area contributed by atoms with Gasteiger partial charge < -0.3 is 10.4 Å². The third-order valence-corrected chi connectivity index (χ3v) is 5.74. The number of carbonyl (C=O) groups is 1. The molecule has 0 radical (unpaired) electrons. The summed E-state index contributed by atoms with van der Waals surface area (Å²) in [4.78, 5) is 16.5. The predicted molar refractivity (Wildman–Crippen MR) is 117 cm³/mol. The summed E-state index contributed by atoms with van der Waals surface area (Å²) < 4.78 is 39.4. The smallest absolute Gasteiger partial charge is 0.418 e. The van der Waals surface area contributed by atoms with Crippen LogP contribution >= 0.6 is 0 Å². The molecule has 168 valence electrons. The van der Waals surface area contributed by atoms with Gasteiger partial charge in [-0.05, 0) is 29.0 Å². The van der Waals surface area contributed by atoms with E-state index in [1.807, 2.05) is 35.2 Å². The van der Waals surface area contributed by atoms with Crippen molar-refractivity contribution in [2.24, 2.45) is 0 Å². The van der Waals surface area contributed by atoms with Gasteiger partial charge in [-0.2, -0.15) is 13.2 Å². The number of alkyl halides is 3. The van der Waals surface area contributed by atoms with E-state index in [4.69, 9.17) is 0 Å².